The van der Waals surface area contributed by atoms with E-state index in [0.29, 0.717) is 0 Å². The van der Waals surface area contributed by atoms with Crippen molar-refractivity contribution in [1.82, 2.24) is 0 Å². The van der Waals surface area contributed by atoms with Gasteiger partial charge in [0.25, 0.3) is 0 Å². The third kappa shape index (κ3) is 1.35. The quantitative estimate of drug-likeness (QED) is 0.516. The van der Waals surface area contributed by atoms with Gasteiger partial charge in [-0.1, -0.05) is 30.3 Å². The Morgan fingerprint density at radius 2 is 1.90 bits per heavy atom. The number of hydrogen-bond donors (Lipinski definition) is 0. The Morgan fingerprint density at radius 1 is 1.30 bits per heavy atom. The first-order chi connectivity index (χ1) is 4.84. The average molecular weight is 131 g/mol. The highest BCUT2D eigenvalue weighted by atomic mass is 14.7. The van der Waals surface area contributed by atoms with E-state index in [4.69, 9.17) is 6.57 Å². The molecule has 1 atom stereocenters. The molecule has 0 radical (unpaired) electrons. The molecule has 0 N–H and O–H groups in total. The van der Waals surface area contributed by atoms with Gasteiger partial charge in [-0.05, 0) is 0 Å². The van der Waals surface area contributed by atoms with Gasteiger partial charge in [-0.15, -0.1) is 0 Å². The fourth-order valence-electron chi connectivity index (χ4n) is 0.806. The summed E-state index contributed by atoms with van der Waals surface area (Å²) in [7, 11) is 0. The molecule has 0 saturated carbocycles. The molecular weight excluding hydrogens is 122 g/mol. The standard InChI is InChI=1S/C9H9N/c1-8(10-2)9-6-4-3-5-7-9/h3-8H,1H3/t8-/m0/s1. The number of rotatable bonds is 1. The summed E-state index contributed by atoms with van der Waals surface area (Å²) < 4.78 is 0. The molecule has 0 aliphatic rings. The molecule has 10 heavy (non-hydrogen) atoms. The van der Waals surface area contributed by atoms with Gasteiger partial charge in [-0.2, -0.15) is 0 Å². The summed E-state index contributed by atoms with van der Waals surface area (Å²) in [6.45, 7) is 8.68. The molecule has 0 bridgehead atoms. The van der Waals surface area contributed by atoms with Crippen molar-refractivity contribution in [3.8, 4) is 0 Å². The van der Waals surface area contributed by atoms with E-state index in [1.165, 1.54) is 0 Å². The van der Waals surface area contributed by atoms with Gasteiger partial charge in [0.2, 0.25) is 6.04 Å². The van der Waals surface area contributed by atoms with E-state index in [-0.39, 0.29) is 6.04 Å². The van der Waals surface area contributed by atoms with Gasteiger partial charge in [-0.3, -0.25) is 0 Å². The van der Waals surface area contributed by atoms with E-state index in [1.54, 1.807) is 0 Å². The smallest absolute Gasteiger partial charge is 0.245 e. The Labute approximate surface area is 61.1 Å². The first-order valence-electron chi connectivity index (χ1n) is 3.26. The predicted octanol–water partition coefficient (Wildman–Crippen LogP) is 2.67. The maximum absolute atomic E-state index is 6.77. The molecule has 1 nitrogen and oxygen atoms in total. The highest BCUT2D eigenvalue weighted by Gasteiger charge is 2.04. The summed E-state index contributed by atoms with van der Waals surface area (Å²) in [4.78, 5) is 3.41. The number of nitrogens with zero attached hydrogens (tertiary/aromatic N) is 1. The second-order valence-corrected chi connectivity index (χ2v) is 2.22. The summed E-state index contributed by atoms with van der Waals surface area (Å²) in [5.74, 6) is 0. The van der Waals surface area contributed by atoms with Crippen LogP contribution in [0.3, 0.4) is 0 Å². The SMILES string of the molecule is [C-]#[N+][C@@H](C)c1ccccc1. The van der Waals surface area contributed by atoms with Crippen LogP contribution in [0.5, 0.6) is 0 Å². The second-order valence-electron chi connectivity index (χ2n) is 2.22. The molecule has 1 aromatic rings. The van der Waals surface area contributed by atoms with Gasteiger partial charge in [-0.25, -0.2) is 6.57 Å². The van der Waals surface area contributed by atoms with Gasteiger partial charge < -0.3 is 4.85 Å². The molecule has 0 amide bonds. The van der Waals surface area contributed by atoms with Crippen molar-refractivity contribution in [3.63, 3.8) is 0 Å². The molecule has 0 aromatic heterocycles. The first-order valence-corrected chi connectivity index (χ1v) is 3.26. The van der Waals surface area contributed by atoms with E-state index in [9.17, 15) is 0 Å². The molecule has 0 aliphatic carbocycles. The summed E-state index contributed by atoms with van der Waals surface area (Å²) in [6, 6.07) is 9.82. The Balaban J connectivity index is 2.88. The van der Waals surface area contributed by atoms with Crippen LogP contribution < -0.4 is 0 Å². The fourth-order valence-corrected chi connectivity index (χ4v) is 0.806. The van der Waals surface area contributed by atoms with Crippen LogP contribution in [-0.2, 0) is 0 Å². The van der Waals surface area contributed by atoms with Crippen LogP contribution in [0.2, 0.25) is 0 Å². The summed E-state index contributed by atoms with van der Waals surface area (Å²) >= 11 is 0. The van der Waals surface area contributed by atoms with E-state index >= 15 is 0 Å². The minimum atomic E-state index is 0.00111. The number of benzene rings is 1. The molecule has 0 aliphatic heterocycles. The minimum Gasteiger partial charge on any atom is -0.309 e. The third-order valence-electron chi connectivity index (χ3n) is 1.48. The molecule has 1 rings (SSSR count). The topological polar surface area (TPSA) is 4.36 Å². The Hall–Kier alpha value is -1.29. The monoisotopic (exact) mass is 131 g/mol. The van der Waals surface area contributed by atoms with Crippen LogP contribution in [0, 0.1) is 6.57 Å². The molecular formula is C9H9N. The lowest BCUT2D eigenvalue weighted by molar-refractivity contribution is 0.962. The third-order valence-corrected chi connectivity index (χ3v) is 1.48. The maximum Gasteiger partial charge on any atom is 0.245 e. The largest absolute Gasteiger partial charge is 0.309 e. The van der Waals surface area contributed by atoms with Gasteiger partial charge in [0.15, 0.2) is 0 Å². The first kappa shape index (κ1) is 6.82. The van der Waals surface area contributed by atoms with Crippen LogP contribution >= 0.6 is 0 Å². The van der Waals surface area contributed by atoms with Crippen molar-refractivity contribution in [2.75, 3.05) is 0 Å². The van der Waals surface area contributed by atoms with Crippen LogP contribution in [-0.4, -0.2) is 0 Å². The maximum atomic E-state index is 6.77. The molecule has 1 heteroatoms. The fraction of sp³-hybridized carbons (Fsp3) is 0.222. The van der Waals surface area contributed by atoms with Crippen molar-refractivity contribution in [2.45, 2.75) is 13.0 Å². The van der Waals surface area contributed by atoms with Crippen molar-refractivity contribution in [1.29, 1.82) is 0 Å². The lowest BCUT2D eigenvalue weighted by Gasteiger charge is -1.95. The molecule has 1 aromatic carbocycles. The van der Waals surface area contributed by atoms with E-state index in [1.807, 2.05) is 37.3 Å². The lowest BCUT2D eigenvalue weighted by atomic mass is 10.1. The minimum absolute atomic E-state index is 0.00111. The molecule has 0 fully saturated rings. The molecule has 0 saturated heterocycles. The van der Waals surface area contributed by atoms with E-state index < -0.39 is 0 Å². The highest BCUT2D eigenvalue weighted by Crippen LogP contribution is 2.14. The molecule has 0 spiro atoms. The van der Waals surface area contributed by atoms with Crippen molar-refractivity contribution in [2.24, 2.45) is 0 Å². The van der Waals surface area contributed by atoms with E-state index in [2.05, 4.69) is 4.85 Å². The van der Waals surface area contributed by atoms with Crippen LogP contribution in [0.15, 0.2) is 30.3 Å². The van der Waals surface area contributed by atoms with Crippen molar-refractivity contribution < 1.29 is 0 Å². The van der Waals surface area contributed by atoms with Crippen molar-refractivity contribution in [3.05, 3.63) is 47.3 Å². The Kier molecular flexibility index (Phi) is 2.07. The van der Waals surface area contributed by atoms with Gasteiger partial charge in [0, 0.05) is 12.5 Å². The highest BCUT2D eigenvalue weighted by molar-refractivity contribution is 5.20. The Bertz CT molecular complexity index is 233. The van der Waals surface area contributed by atoms with E-state index in [0.717, 1.165) is 5.56 Å². The predicted molar refractivity (Wildman–Crippen MR) is 41.5 cm³/mol. The van der Waals surface area contributed by atoms with Crippen LogP contribution in [0.25, 0.3) is 4.85 Å². The van der Waals surface area contributed by atoms with Crippen LogP contribution in [0.4, 0.5) is 0 Å². The van der Waals surface area contributed by atoms with Gasteiger partial charge >= 0.3 is 0 Å². The van der Waals surface area contributed by atoms with Gasteiger partial charge in [0.1, 0.15) is 0 Å². The average Bonchev–Trinajstić information content (AvgIpc) is 2.05. The molecule has 0 heterocycles. The second kappa shape index (κ2) is 3.03. The zero-order valence-corrected chi connectivity index (χ0v) is 5.91. The lowest BCUT2D eigenvalue weighted by Crippen LogP contribution is -1.83. The normalized spacial score (nSPS) is 12.0. The van der Waals surface area contributed by atoms with Gasteiger partial charge in [0.05, 0.1) is 0 Å². The van der Waals surface area contributed by atoms with Crippen LogP contribution in [0.1, 0.15) is 18.5 Å². The Morgan fingerprint density at radius 3 is 2.40 bits per heavy atom. The molecule has 50 valence electrons. The summed E-state index contributed by atoms with van der Waals surface area (Å²) in [6.07, 6.45) is 0. The van der Waals surface area contributed by atoms with Crippen molar-refractivity contribution >= 4 is 0 Å². The molecule has 0 unspecified atom stereocenters. The summed E-state index contributed by atoms with van der Waals surface area (Å²) in [5, 5.41) is 0. The zero-order chi connectivity index (χ0) is 7.40. The number of hydrogen-bond acceptors (Lipinski definition) is 0. The zero-order valence-electron chi connectivity index (χ0n) is 5.91. The summed E-state index contributed by atoms with van der Waals surface area (Å²) in [5.41, 5.74) is 1.09.